The molecule has 1 rings (SSSR count). The van der Waals surface area contributed by atoms with E-state index in [0.29, 0.717) is 11.6 Å². The van der Waals surface area contributed by atoms with Crippen molar-refractivity contribution in [3.05, 3.63) is 29.3 Å². The number of carboxylic acid groups (broad SMARTS) is 1. The number of rotatable bonds is 5. The molecule has 0 bridgehead atoms. The summed E-state index contributed by atoms with van der Waals surface area (Å²) in [4.78, 5) is 12.9. The molecular weight excluding hydrogens is 238 g/mol. The number of para-hydroxylation sites is 1. The highest BCUT2D eigenvalue weighted by Crippen LogP contribution is 2.27. The first-order chi connectivity index (χ1) is 7.93. The molecule has 0 fully saturated rings. The Morgan fingerprint density at radius 3 is 2.41 bits per heavy atom. The van der Waals surface area contributed by atoms with Crippen LogP contribution in [0.25, 0.3) is 0 Å². The monoisotopic (exact) mass is 255 g/mol. The molecule has 0 aromatic heterocycles. The molecule has 17 heavy (non-hydrogen) atoms. The van der Waals surface area contributed by atoms with Crippen molar-refractivity contribution >= 4 is 23.3 Å². The Morgan fingerprint density at radius 2 is 1.94 bits per heavy atom. The summed E-state index contributed by atoms with van der Waals surface area (Å²) >= 11 is 6.14. The number of benzene rings is 1. The van der Waals surface area contributed by atoms with Crippen molar-refractivity contribution < 1.29 is 9.90 Å². The minimum atomic E-state index is -0.789. The Bertz CT molecular complexity index is 393. The van der Waals surface area contributed by atoms with Gasteiger partial charge in [-0.05, 0) is 26.0 Å². The van der Waals surface area contributed by atoms with E-state index in [2.05, 4.69) is 0 Å². The lowest BCUT2D eigenvalue weighted by atomic mass is 10.1. The summed E-state index contributed by atoms with van der Waals surface area (Å²) in [6.07, 6.45) is 0. The van der Waals surface area contributed by atoms with Crippen molar-refractivity contribution in [1.29, 1.82) is 0 Å². The predicted octanol–water partition coefficient (Wildman–Crippen LogP) is 3.28. The number of halogens is 1. The number of carbonyl (C=O) groups is 1. The topological polar surface area (TPSA) is 40.5 Å². The van der Waals surface area contributed by atoms with Crippen molar-refractivity contribution in [1.82, 2.24) is 0 Å². The molecule has 0 spiro atoms. The fraction of sp³-hybridized carbons (Fsp3) is 0.462. The largest absolute Gasteiger partial charge is 0.481 e. The lowest BCUT2D eigenvalue weighted by Crippen LogP contribution is -2.37. The van der Waals surface area contributed by atoms with Crippen LogP contribution in [0, 0.1) is 5.92 Å². The van der Waals surface area contributed by atoms with Gasteiger partial charge in [0.2, 0.25) is 0 Å². The first-order valence-electron chi connectivity index (χ1n) is 5.67. The maximum atomic E-state index is 10.9. The summed E-state index contributed by atoms with van der Waals surface area (Å²) in [6.45, 7) is 6.21. The van der Waals surface area contributed by atoms with Crippen LogP contribution in [0.3, 0.4) is 0 Å². The maximum absolute atomic E-state index is 10.9. The van der Waals surface area contributed by atoms with Gasteiger partial charge in [-0.3, -0.25) is 4.79 Å². The summed E-state index contributed by atoms with van der Waals surface area (Å²) in [5.41, 5.74) is 0.886. The van der Waals surface area contributed by atoms with Gasteiger partial charge in [0.05, 0.1) is 16.6 Å². The fourth-order valence-electron chi connectivity index (χ4n) is 1.65. The standard InChI is InChI=1S/C13H18ClNO2/c1-9(2)15(8-10(3)13(16)17)12-7-5-4-6-11(12)14/h4-7,9-10H,8H2,1-3H3,(H,16,17). The summed E-state index contributed by atoms with van der Waals surface area (Å²) in [7, 11) is 0. The molecule has 0 aliphatic heterocycles. The van der Waals surface area contributed by atoms with Crippen molar-refractivity contribution in [2.24, 2.45) is 5.92 Å². The Hall–Kier alpha value is -1.22. The zero-order valence-electron chi connectivity index (χ0n) is 10.4. The van der Waals surface area contributed by atoms with Gasteiger partial charge >= 0.3 is 5.97 Å². The maximum Gasteiger partial charge on any atom is 0.308 e. The second kappa shape index (κ2) is 5.92. The molecule has 0 aliphatic carbocycles. The Labute approximate surface area is 107 Å². The van der Waals surface area contributed by atoms with Gasteiger partial charge in [0.15, 0.2) is 0 Å². The average Bonchev–Trinajstić information content (AvgIpc) is 2.26. The van der Waals surface area contributed by atoms with Crippen LogP contribution in [-0.2, 0) is 4.79 Å². The van der Waals surface area contributed by atoms with Gasteiger partial charge in [-0.15, -0.1) is 0 Å². The van der Waals surface area contributed by atoms with Crippen LogP contribution in [0.15, 0.2) is 24.3 Å². The van der Waals surface area contributed by atoms with Gasteiger partial charge in [0.25, 0.3) is 0 Å². The highest BCUT2D eigenvalue weighted by Gasteiger charge is 2.20. The Morgan fingerprint density at radius 1 is 1.35 bits per heavy atom. The predicted molar refractivity (Wildman–Crippen MR) is 70.7 cm³/mol. The zero-order valence-corrected chi connectivity index (χ0v) is 11.1. The molecule has 94 valence electrons. The molecule has 1 unspecified atom stereocenters. The van der Waals surface area contributed by atoms with Crippen molar-refractivity contribution in [2.45, 2.75) is 26.8 Å². The van der Waals surface area contributed by atoms with Gasteiger partial charge in [-0.1, -0.05) is 30.7 Å². The summed E-state index contributed by atoms with van der Waals surface area (Å²) in [5.74, 6) is -1.21. The number of nitrogens with zero attached hydrogens (tertiary/aromatic N) is 1. The molecule has 1 N–H and O–H groups in total. The van der Waals surface area contributed by atoms with Gasteiger partial charge in [0.1, 0.15) is 0 Å². The Kier molecular flexibility index (Phi) is 4.82. The molecule has 0 amide bonds. The van der Waals surface area contributed by atoms with Crippen molar-refractivity contribution in [3.63, 3.8) is 0 Å². The van der Waals surface area contributed by atoms with Gasteiger partial charge in [-0.25, -0.2) is 0 Å². The van der Waals surface area contributed by atoms with E-state index in [1.54, 1.807) is 6.92 Å². The fourth-order valence-corrected chi connectivity index (χ4v) is 1.89. The lowest BCUT2D eigenvalue weighted by molar-refractivity contribution is -0.140. The smallest absolute Gasteiger partial charge is 0.308 e. The van der Waals surface area contributed by atoms with Crippen LogP contribution < -0.4 is 4.90 Å². The van der Waals surface area contributed by atoms with E-state index in [0.717, 1.165) is 5.69 Å². The molecule has 0 aliphatic rings. The second-order valence-corrected chi connectivity index (χ2v) is 4.84. The number of hydrogen-bond acceptors (Lipinski definition) is 2. The van der Waals surface area contributed by atoms with E-state index >= 15 is 0 Å². The molecule has 0 saturated carbocycles. The second-order valence-electron chi connectivity index (χ2n) is 4.44. The number of hydrogen-bond donors (Lipinski definition) is 1. The molecule has 1 aromatic carbocycles. The normalized spacial score (nSPS) is 12.5. The minimum Gasteiger partial charge on any atom is -0.481 e. The lowest BCUT2D eigenvalue weighted by Gasteiger charge is -2.31. The molecule has 0 radical (unpaired) electrons. The van der Waals surface area contributed by atoms with E-state index in [1.165, 1.54) is 0 Å². The van der Waals surface area contributed by atoms with E-state index in [-0.39, 0.29) is 6.04 Å². The third-order valence-electron chi connectivity index (χ3n) is 2.68. The summed E-state index contributed by atoms with van der Waals surface area (Å²) in [5, 5.41) is 9.62. The van der Waals surface area contributed by atoms with E-state index in [9.17, 15) is 4.79 Å². The molecule has 1 aromatic rings. The zero-order chi connectivity index (χ0) is 13.0. The molecule has 3 nitrogen and oxygen atoms in total. The first kappa shape index (κ1) is 13.8. The van der Waals surface area contributed by atoms with Gasteiger partial charge in [-0.2, -0.15) is 0 Å². The summed E-state index contributed by atoms with van der Waals surface area (Å²) < 4.78 is 0. The van der Waals surface area contributed by atoms with E-state index < -0.39 is 11.9 Å². The molecule has 0 saturated heterocycles. The SMILES string of the molecule is CC(CN(c1ccccc1Cl)C(C)C)C(=O)O. The van der Waals surface area contributed by atoms with Crippen molar-refractivity contribution in [3.8, 4) is 0 Å². The molecule has 0 heterocycles. The van der Waals surface area contributed by atoms with Crippen LogP contribution in [0.1, 0.15) is 20.8 Å². The average molecular weight is 256 g/mol. The quantitative estimate of drug-likeness (QED) is 0.878. The summed E-state index contributed by atoms with van der Waals surface area (Å²) in [6, 6.07) is 7.71. The number of aliphatic carboxylic acids is 1. The van der Waals surface area contributed by atoms with Crippen molar-refractivity contribution in [2.75, 3.05) is 11.4 Å². The van der Waals surface area contributed by atoms with Crippen LogP contribution in [0.4, 0.5) is 5.69 Å². The van der Waals surface area contributed by atoms with Crippen LogP contribution in [0.2, 0.25) is 5.02 Å². The first-order valence-corrected chi connectivity index (χ1v) is 6.05. The minimum absolute atomic E-state index is 0.205. The number of anilines is 1. The molecule has 4 heteroatoms. The van der Waals surface area contributed by atoms with Gasteiger partial charge in [0, 0.05) is 12.6 Å². The van der Waals surface area contributed by atoms with Gasteiger partial charge < -0.3 is 10.0 Å². The Balaban J connectivity index is 2.94. The van der Waals surface area contributed by atoms with E-state index in [1.807, 2.05) is 43.0 Å². The van der Waals surface area contributed by atoms with Crippen LogP contribution >= 0.6 is 11.6 Å². The number of carboxylic acids is 1. The van der Waals surface area contributed by atoms with Crippen LogP contribution in [0.5, 0.6) is 0 Å². The molecule has 1 atom stereocenters. The van der Waals surface area contributed by atoms with Crippen LogP contribution in [-0.4, -0.2) is 23.7 Å². The highest BCUT2D eigenvalue weighted by molar-refractivity contribution is 6.33. The third-order valence-corrected chi connectivity index (χ3v) is 3.00. The van der Waals surface area contributed by atoms with E-state index in [4.69, 9.17) is 16.7 Å². The third kappa shape index (κ3) is 3.63. The molecular formula is C13H18ClNO2. The highest BCUT2D eigenvalue weighted by atomic mass is 35.5.